The van der Waals surface area contributed by atoms with E-state index < -0.39 is 0 Å². The zero-order valence-electron chi connectivity index (χ0n) is 11.1. The number of carbonyl (C=O) groups excluding carboxylic acids is 1. The van der Waals surface area contributed by atoms with Crippen molar-refractivity contribution < 1.29 is 14.3 Å². The van der Waals surface area contributed by atoms with Gasteiger partial charge in [-0.1, -0.05) is 0 Å². The van der Waals surface area contributed by atoms with E-state index in [4.69, 9.17) is 9.47 Å². The molecule has 0 unspecified atom stereocenters. The molecule has 0 bridgehead atoms. The molecule has 0 spiro atoms. The Morgan fingerprint density at radius 1 is 1.17 bits per heavy atom. The number of amides is 1. The second-order valence-electron chi connectivity index (χ2n) is 3.73. The number of anilines is 1. The van der Waals surface area contributed by atoms with Gasteiger partial charge in [0.25, 0.3) is 0 Å². The van der Waals surface area contributed by atoms with Crippen LogP contribution in [-0.4, -0.2) is 33.2 Å². The van der Waals surface area contributed by atoms with Crippen LogP contribution in [0, 0.1) is 0 Å². The first kappa shape index (κ1) is 14.2. The highest BCUT2D eigenvalue weighted by Gasteiger charge is 2.03. The number of carbonyl (C=O) groups is 1. The van der Waals surface area contributed by atoms with Crippen LogP contribution in [0.3, 0.4) is 0 Å². The molecule has 0 radical (unpaired) electrons. The Labute approximate surface area is 107 Å². The summed E-state index contributed by atoms with van der Waals surface area (Å²) in [6.45, 7) is 3.13. The first-order valence-corrected chi connectivity index (χ1v) is 5.93. The third kappa shape index (κ3) is 4.53. The third-order valence-corrected chi connectivity index (χ3v) is 2.41. The Morgan fingerprint density at radius 2 is 1.78 bits per heavy atom. The number of rotatable bonds is 7. The molecule has 0 aliphatic rings. The SMILES string of the molecule is CCNC(=O)CCNc1cc(OC)cc(OC)c1. The zero-order chi connectivity index (χ0) is 13.4. The second kappa shape index (κ2) is 7.42. The van der Waals surface area contributed by atoms with Crippen LogP contribution in [0.4, 0.5) is 5.69 Å². The summed E-state index contributed by atoms with van der Waals surface area (Å²) in [5.74, 6) is 1.48. The number of hydrogen-bond acceptors (Lipinski definition) is 4. The van der Waals surface area contributed by atoms with Gasteiger partial charge >= 0.3 is 0 Å². The molecule has 100 valence electrons. The molecule has 0 aliphatic heterocycles. The highest BCUT2D eigenvalue weighted by Crippen LogP contribution is 2.25. The molecule has 0 fully saturated rings. The van der Waals surface area contributed by atoms with Crippen molar-refractivity contribution in [3.05, 3.63) is 18.2 Å². The van der Waals surface area contributed by atoms with E-state index in [0.29, 0.717) is 19.5 Å². The summed E-state index contributed by atoms with van der Waals surface area (Å²) in [7, 11) is 3.21. The smallest absolute Gasteiger partial charge is 0.221 e. The molecule has 0 aromatic heterocycles. The predicted octanol–water partition coefficient (Wildman–Crippen LogP) is 1.64. The molecule has 2 N–H and O–H groups in total. The van der Waals surface area contributed by atoms with E-state index in [0.717, 1.165) is 17.2 Å². The van der Waals surface area contributed by atoms with Crippen LogP contribution in [0.25, 0.3) is 0 Å². The fraction of sp³-hybridized carbons (Fsp3) is 0.462. The predicted molar refractivity (Wildman–Crippen MR) is 71.3 cm³/mol. The molecule has 0 saturated carbocycles. The molecule has 0 saturated heterocycles. The third-order valence-electron chi connectivity index (χ3n) is 2.41. The van der Waals surface area contributed by atoms with Gasteiger partial charge in [-0.05, 0) is 6.92 Å². The summed E-state index contributed by atoms with van der Waals surface area (Å²) in [6, 6.07) is 5.52. The van der Waals surface area contributed by atoms with Crippen LogP contribution in [-0.2, 0) is 4.79 Å². The summed E-state index contributed by atoms with van der Waals surface area (Å²) in [4.78, 5) is 11.3. The highest BCUT2D eigenvalue weighted by atomic mass is 16.5. The van der Waals surface area contributed by atoms with Gasteiger partial charge in [0.05, 0.1) is 14.2 Å². The topological polar surface area (TPSA) is 59.6 Å². The number of ether oxygens (including phenoxy) is 2. The Bertz CT molecular complexity index is 372. The van der Waals surface area contributed by atoms with Crippen LogP contribution >= 0.6 is 0 Å². The normalized spacial score (nSPS) is 9.72. The maximum atomic E-state index is 11.3. The molecule has 5 heteroatoms. The molecule has 0 heterocycles. The minimum Gasteiger partial charge on any atom is -0.497 e. The molecule has 18 heavy (non-hydrogen) atoms. The Hall–Kier alpha value is -1.91. The van der Waals surface area contributed by atoms with Gasteiger partial charge < -0.3 is 20.1 Å². The average molecular weight is 252 g/mol. The molecule has 1 aromatic rings. The Morgan fingerprint density at radius 3 is 2.28 bits per heavy atom. The standard InChI is InChI=1S/C13H20N2O3/c1-4-14-13(16)5-6-15-10-7-11(17-2)9-12(8-10)18-3/h7-9,15H,4-6H2,1-3H3,(H,14,16). The lowest BCUT2D eigenvalue weighted by Crippen LogP contribution is -2.24. The fourth-order valence-electron chi connectivity index (χ4n) is 1.52. The maximum absolute atomic E-state index is 11.3. The van der Waals surface area contributed by atoms with E-state index in [2.05, 4.69) is 10.6 Å². The summed E-state index contributed by atoms with van der Waals surface area (Å²) in [5.41, 5.74) is 0.871. The first-order valence-electron chi connectivity index (χ1n) is 5.93. The van der Waals surface area contributed by atoms with Crippen molar-refractivity contribution in [2.24, 2.45) is 0 Å². The minimum absolute atomic E-state index is 0.0415. The monoisotopic (exact) mass is 252 g/mol. The molecule has 1 aromatic carbocycles. The molecular formula is C13H20N2O3. The quantitative estimate of drug-likeness (QED) is 0.774. The number of methoxy groups -OCH3 is 2. The van der Waals surface area contributed by atoms with Gasteiger partial charge in [0.15, 0.2) is 0 Å². The van der Waals surface area contributed by atoms with Gasteiger partial charge in [-0.3, -0.25) is 4.79 Å². The number of hydrogen-bond donors (Lipinski definition) is 2. The number of nitrogens with one attached hydrogen (secondary N) is 2. The van der Waals surface area contributed by atoms with E-state index in [-0.39, 0.29) is 5.91 Å². The minimum atomic E-state index is 0.0415. The Kier molecular flexibility index (Phi) is 5.84. The second-order valence-corrected chi connectivity index (χ2v) is 3.73. The molecule has 0 aliphatic carbocycles. The summed E-state index contributed by atoms with van der Waals surface area (Å²) in [6.07, 6.45) is 0.438. The lowest BCUT2D eigenvalue weighted by Gasteiger charge is -2.10. The number of benzene rings is 1. The van der Waals surface area contributed by atoms with Crippen LogP contribution < -0.4 is 20.1 Å². The fourth-order valence-corrected chi connectivity index (χ4v) is 1.52. The van der Waals surface area contributed by atoms with Crippen LogP contribution in [0.5, 0.6) is 11.5 Å². The van der Waals surface area contributed by atoms with Gasteiger partial charge in [0, 0.05) is 43.4 Å². The zero-order valence-corrected chi connectivity index (χ0v) is 11.1. The van der Waals surface area contributed by atoms with Gasteiger partial charge in [-0.2, -0.15) is 0 Å². The van der Waals surface area contributed by atoms with Gasteiger partial charge in [-0.15, -0.1) is 0 Å². The lowest BCUT2D eigenvalue weighted by atomic mass is 10.2. The van der Waals surface area contributed by atoms with Gasteiger partial charge in [-0.25, -0.2) is 0 Å². The highest BCUT2D eigenvalue weighted by molar-refractivity contribution is 5.76. The van der Waals surface area contributed by atoms with Crippen molar-refractivity contribution in [2.75, 3.05) is 32.6 Å². The van der Waals surface area contributed by atoms with Crippen LogP contribution in [0.2, 0.25) is 0 Å². The molecule has 1 rings (SSSR count). The van der Waals surface area contributed by atoms with Gasteiger partial charge in [0.2, 0.25) is 5.91 Å². The van der Waals surface area contributed by atoms with Gasteiger partial charge in [0.1, 0.15) is 11.5 Å². The van der Waals surface area contributed by atoms with E-state index in [9.17, 15) is 4.79 Å². The van der Waals surface area contributed by atoms with Crippen molar-refractivity contribution in [3.8, 4) is 11.5 Å². The summed E-state index contributed by atoms with van der Waals surface area (Å²) < 4.78 is 10.3. The molecule has 0 atom stereocenters. The maximum Gasteiger partial charge on any atom is 0.221 e. The van der Waals surface area contributed by atoms with Crippen molar-refractivity contribution in [3.63, 3.8) is 0 Å². The molecular weight excluding hydrogens is 232 g/mol. The summed E-state index contributed by atoms with van der Waals surface area (Å²) in [5, 5.41) is 5.91. The van der Waals surface area contributed by atoms with Crippen LogP contribution in [0.15, 0.2) is 18.2 Å². The van der Waals surface area contributed by atoms with Crippen molar-refractivity contribution in [1.82, 2.24) is 5.32 Å². The first-order chi connectivity index (χ1) is 8.69. The largest absolute Gasteiger partial charge is 0.497 e. The van der Waals surface area contributed by atoms with Crippen molar-refractivity contribution >= 4 is 11.6 Å². The lowest BCUT2D eigenvalue weighted by molar-refractivity contribution is -0.120. The average Bonchev–Trinajstić information content (AvgIpc) is 2.38. The van der Waals surface area contributed by atoms with E-state index in [1.54, 1.807) is 20.3 Å². The van der Waals surface area contributed by atoms with E-state index >= 15 is 0 Å². The van der Waals surface area contributed by atoms with E-state index in [1.807, 2.05) is 19.1 Å². The van der Waals surface area contributed by atoms with Crippen molar-refractivity contribution in [2.45, 2.75) is 13.3 Å². The van der Waals surface area contributed by atoms with Crippen LogP contribution in [0.1, 0.15) is 13.3 Å². The van der Waals surface area contributed by atoms with Crippen molar-refractivity contribution in [1.29, 1.82) is 0 Å². The molecule has 1 amide bonds. The Balaban J connectivity index is 2.53. The molecule has 5 nitrogen and oxygen atoms in total. The summed E-state index contributed by atoms with van der Waals surface area (Å²) >= 11 is 0. The van der Waals surface area contributed by atoms with E-state index in [1.165, 1.54) is 0 Å².